The van der Waals surface area contributed by atoms with Crippen LogP contribution in [0.25, 0.3) is 10.8 Å². The van der Waals surface area contributed by atoms with Crippen LogP contribution >= 0.6 is 0 Å². The first-order valence-corrected chi connectivity index (χ1v) is 12.5. The Bertz CT molecular complexity index is 1260. The van der Waals surface area contributed by atoms with Crippen molar-refractivity contribution in [1.82, 2.24) is 4.98 Å². The lowest BCUT2D eigenvalue weighted by Crippen LogP contribution is -2.59. The van der Waals surface area contributed by atoms with E-state index in [1.54, 1.807) is 6.20 Å². The summed E-state index contributed by atoms with van der Waals surface area (Å²) < 4.78 is 6.96. The van der Waals surface area contributed by atoms with Gasteiger partial charge in [0, 0.05) is 36.0 Å². The van der Waals surface area contributed by atoms with Crippen molar-refractivity contribution in [3.63, 3.8) is 0 Å². The summed E-state index contributed by atoms with van der Waals surface area (Å²) in [6.07, 6.45) is 7.37. The van der Waals surface area contributed by atoms with E-state index in [0.29, 0.717) is 24.8 Å². The third kappa shape index (κ3) is 2.50. The molecule has 34 heavy (non-hydrogen) atoms. The monoisotopic (exact) mass is 461 g/mol. The van der Waals surface area contributed by atoms with Crippen LogP contribution in [0.3, 0.4) is 0 Å². The smallest absolute Gasteiger partial charge is 0.110 e. The van der Waals surface area contributed by atoms with Gasteiger partial charge in [-0.1, -0.05) is 31.2 Å². The zero-order valence-electron chi connectivity index (χ0n) is 19.3. The van der Waals surface area contributed by atoms with E-state index < -0.39 is 35.6 Å². The van der Waals surface area contributed by atoms with Gasteiger partial charge in [-0.25, -0.2) is 0 Å². The molecule has 2 saturated carbocycles. The molecule has 178 valence electrons. The number of allylic oxidation sites excluding steroid dienone is 1. The maximum atomic E-state index is 11.5. The lowest BCUT2D eigenvalue weighted by Gasteiger charge is -2.55. The van der Waals surface area contributed by atoms with Gasteiger partial charge in [-0.15, -0.1) is 0 Å². The normalized spacial score (nSPS) is 47.0. The number of aliphatic hydroxyl groups is 4. The van der Waals surface area contributed by atoms with Gasteiger partial charge in [0.2, 0.25) is 0 Å². The molecule has 1 aromatic carbocycles. The third-order valence-electron chi connectivity index (χ3n) is 9.90. The van der Waals surface area contributed by atoms with E-state index in [-0.39, 0.29) is 17.3 Å². The zero-order valence-corrected chi connectivity index (χ0v) is 19.3. The Labute approximate surface area is 198 Å². The average Bonchev–Trinajstić information content (AvgIpc) is 3.29. The summed E-state index contributed by atoms with van der Waals surface area (Å²) in [5, 5.41) is 45.2. The molecule has 6 nitrogen and oxygen atoms in total. The van der Waals surface area contributed by atoms with Crippen molar-refractivity contribution in [2.24, 2.45) is 11.3 Å². The molecule has 7 rings (SSSR count). The van der Waals surface area contributed by atoms with Crippen molar-refractivity contribution in [3.8, 4) is 0 Å². The van der Waals surface area contributed by atoms with E-state index in [9.17, 15) is 20.4 Å². The van der Waals surface area contributed by atoms with Crippen LogP contribution in [-0.2, 0) is 4.74 Å². The molecule has 2 bridgehead atoms. The largest absolute Gasteiger partial charge is 0.392 e. The second kappa shape index (κ2) is 6.77. The van der Waals surface area contributed by atoms with Crippen molar-refractivity contribution in [2.45, 2.75) is 80.6 Å². The number of hydrogen-bond donors (Lipinski definition) is 4. The minimum absolute atomic E-state index is 0.0239. The van der Waals surface area contributed by atoms with E-state index in [4.69, 9.17) is 4.74 Å². The molecule has 2 aliphatic heterocycles. The maximum absolute atomic E-state index is 11.5. The third-order valence-corrected chi connectivity index (χ3v) is 9.90. The molecule has 0 radical (unpaired) electrons. The number of nitrogens with zero attached hydrogens (tertiary/aromatic N) is 1. The minimum Gasteiger partial charge on any atom is -0.392 e. The lowest BCUT2D eigenvalue weighted by atomic mass is 9.58. The first-order valence-electron chi connectivity index (χ1n) is 12.5. The van der Waals surface area contributed by atoms with Crippen molar-refractivity contribution < 1.29 is 25.2 Å². The Hall–Kier alpha value is -2.09. The van der Waals surface area contributed by atoms with Gasteiger partial charge in [-0.05, 0) is 65.3 Å². The van der Waals surface area contributed by atoms with Crippen molar-refractivity contribution in [1.29, 1.82) is 0 Å². The van der Waals surface area contributed by atoms with Gasteiger partial charge in [0.15, 0.2) is 0 Å². The maximum Gasteiger partial charge on any atom is 0.110 e. The highest BCUT2D eigenvalue weighted by atomic mass is 16.5. The van der Waals surface area contributed by atoms with Gasteiger partial charge in [0.05, 0.1) is 23.4 Å². The number of fused-ring (bicyclic) bond motifs is 2. The van der Waals surface area contributed by atoms with Gasteiger partial charge in [-0.2, -0.15) is 0 Å². The molecule has 2 spiro atoms. The summed E-state index contributed by atoms with van der Waals surface area (Å²) in [5.74, 6) is 0.0899. The van der Waals surface area contributed by atoms with E-state index in [1.165, 1.54) is 0 Å². The van der Waals surface area contributed by atoms with Crippen molar-refractivity contribution in [2.75, 3.05) is 0 Å². The van der Waals surface area contributed by atoms with Crippen LogP contribution in [0.5, 0.6) is 0 Å². The average molecular weight is 462 g/mol. The molecule has 1 unspecified atom stereocenters. The second-order valence-corrected chi connectivity index (χ2v) is 11.5. The SMILES string of the molecule is C[C@]12CC=C3C=C4[C@@H](O)[C@@H](O)[C@@H](O)C[C@]45CCC3(O5)[C@@H]1C[C@@H](O)[C@@H]2c1ccc2ccncc2c1. The fraction of sp³-hybridized carbons (Fsp3) is 0.536. The minimum atomic E-state index is -1.19. The number of benzene rings is 1. The van der Waals surface area contributed by atoms with Gasteiger partial charge in [0.25, 0.3) is 0 Å². The lowest BCUT2D eigenvalue weighted by molar-refractivity contribution is -0.176. The number of rotatable bonds is 1. The molecule has 0 amide bonds. The Morgan fingerprint density at radius 1 is 1.03 bits per heavy atom. The van der Waals surface area contributed by atoms with Crippen LogP contribution in [0.4, 0.5) is 0 Å². The molecular formula is C28H31NO5. The van der Waals surface area contributed by atoms with Crippen LogP contribution in [0.15, 0.2) is 60.0 Å². The van der Waals surface area contributed by atoms with E-state index in [0.717, 1.165) is 34.8 Å². The fourth-order valence-corrected chi connectivity index (χ4v) is 8.34. The quantitative estimate of drug-likeness (QED) is 0.521. The molecule has 1 aromatic heterocycles. The summed E-state index contributed by atoms with van der Waals surface area (Å²) in [7, 11) is 0. The number of aromatic nitrogens is 1. The molecule has 3 fully saturated rings. The summed E-state index contributed by atoms with van der Waals surface area (Å²) in [4.78, 5) is 4.28. The van der Waals surface area contributed by atoms with Crippen molar-refractivity contribution >= 4 is 10.8 Å². The summed E-state index contributed by atoms with van der Waals surface area (Å²) in [5.41, 5.74) is 1.43. The molecular weight excluding hydrogens is 430 g/mol. The number of aliphatic hydroxyl groups excluding tert-OH is 4. The van der Waals surface area contributed by atoms with Gasteiger partial charge in [0.1, 0.15) is 12.2 Å². The highest BCUT2D eigenvalue weighted by molar-refractivity contribution is 5.82. The topological polar surface area (TPSA) is 103 Å². The van der Waals surface area contributed by atoms with E-state index in [2.05, 4.69) is 36.2 Å². The molecule has 6 heteroatoms. The summed E-state index contributed by atoms with van der Waals surface area (Å²) in [6, 6.07) is 8.44. The molecule has 1 saturated heterocycles. The highest BCUT2D eigenvalue weighted by Gasteiger charge is 2.69. The molecule has 5 aliphatic rings. The Morgan fingerprint density at radius 3 is 2.74 bits per heavy atom. The standard InChI is InChI=1S/C28H31NO5/c1-26-6-4-18-11-19-24(32)25(33)21(31)13-27(19)7-8-28(18,34-27)22(26)12-20(30)23(26)16-3-2-15-5-9-29-14-17(15)10-16/h2-5,9-11,14,20-25,30-33H,6-8,12-13H2,1H3/t20-,21+,22-,23+,24-,25+,26+,27-,28?/m1/s1. The van der Waals surface area contributed by atoms with E-state index in [1.807, 2.05) is 18.3 Å². The second-order valence-electron chi connectivity index (χ2n) is 11.5. The van der Waals surface area contributed by atoms with Crippen LogP contribution in [0, 0.1) is 11.3 Å². The molecule has 2 aromatic rings. The van der Waals surface area contributed by atoms with Gasteiger partial charge < -0.3 is 25.2 Å². The molecule has 3 aliphatic carbocycles. The predicted octanol–water partition coefficient (Wildman–Crippen LogP) is 2.75. The number of pyridine rings is 1. The molecule has 3 heterocycles. The summed E-state index contributed by atoms with van der Waals surface area (Å²) in [6.45, 7) is 2.29. The van der Waals surface area contributed by atoms with Gasteiger partial charge >= 0.3 is 0 Å². The van der Waals surface area contributed by atoms with Gasteiger partial charge in [-0.3, -0.25) is 4.98 Å². The highest BCUT2D eigenvalue weighted by Crippen LogP contribution is 2.69. The Morgan fingerprint density at radius 2 is 1.88 bits per heavy atom. The van der Waals surface area contributed by atoms with Crippen molar-refractivity contribution in [3.05, 3.63) is 65.5 Å². The first-order chi connectivity index (χ1) is 16.3. The number of hydrogen-bond acceptors (Lipinski definition) is 6. The molecule has 4 N–H and O–H groups in total. The van der Waals surface area contributed by atoms with Crippen LogP contribution in [-0.4, -0.2) is 61.0 Å². The Balaban J connectivity index is 1.33. The summed E-state index contributed by atoms with van der Waals surface area (Å²) >= 11 is 0. The predicted molar refractivity (Wildman–Crippen MR) is 126 cm³/mol. The van der Waals surface area contributed by atoms with Crippen LogP contribution in [0.1, 0.15) is 50.5 Å². The van der Waals surface area contributed by atoms with Crippen LogP contribution in [0.2, 0.25) is 0 Å². The first kappa shape index (κ1) is 21.2. The number of ether oxygens (including phenoxy) is 1. The molecule has 9 atom stereocenters. The van der Waals surface area contributed by atoms with Crippen LogP contribution < -0.4 is 0 Å². The van der Waals surface area contributed by atoms with E-state index >= 15 is 0 Å². The zero-order chi connectivity index (χ0) is 23.5. The fourth-order valence-electron chi connectivity index (χ4n) is 8.34. The Kier molecular flexibility index (Phi) is 4.22.